The van der Waals surface area contributed by atoms with Crippen molar-refractivity contribution in [1.29, 1.82) is 5.41 Å². The van der Waals surface area contributed by atoms with Crippen molar-refractivity contribution in [2.24, 2.45) is 5.73 Å². The number of carbonyl (C=O) groups is 2. The van der Waals surface area contributed by atoms with E-state index in [1.165, 1.54) is 10.8 Å². The lowest BCUT2D eigenvalue weighted by Crippen LogP contribution is -2.35. The number of nitrogens with zero attached hydrogens (tertiary/aromatic N) is 2. The number of nitrogens with two attached hydrogens (primary N) is 1. The highest BCUT2D eigenvalue weighted by Gasteiger charge is 2.16. The fourth-order valence-electron chi connectivity index (χ4n) is 3.56. The first kappa shape index (κ1) is 24.9. The Labute approximate surface area is 212 Å². The minimum Gasteiger partial charge on any atom is -0.384 e. The molecule has 3 amide bonds. The van der Waals surface area contributed by atoms with Gasteiger partial charge in [-0.25, -0.2) is 9.78 Å². The highest BCUT2D eigenvalue weighted by molar-refractivity contribution is 5.99. The van der Waals surface area contributed by atoms with Gasteiger partial charge < -0.3 is 16.4 Å². The molecule has 0 saturated heterocycles. The molecule has 6 N–H and O–H groups in total. The summed E-state index contributed by atoms with van der Waals surface area (Å²) in [5.74, 6) is -0.649. The molecule has 37 heavy (non-hydrogen) atoms. The second-order valence-electron chi connectivity index (χ2n) is 8.08. The van der Waals surface area contributed by atoms with Gasteiger partial charge in [0, 0.05) is 17.8 Å². The van der Waals surface area contributed by atoms with Crippen LogP contribution in [0.4, 0.5) is 16.3 Å². The van der Waals surface area contributed by atoms with E-state index in [1.54, 1.807) is 60.7 Å². The number of benzene rings is 3. The molecular formula is C27H25N7O3. The molecule has 0 bridgehead atoms. The van der Waals surface area contributed by atoms with Crippen molar-refractivity contribution < 1.29 is 9.59 Å². The minimum absolute atomic E-state index is 0.0389. The summed E-state index contributed by atoms with van der Waals surface area (Å²) < 4.78 is 1.27. The monoisotopic (exact) mass is 495 g/mol. The van der Waals surface area contributed by atoms with Gasteiger partial charge in [-0.2, -0.15) is 0 Å². The van der Waals surface area contributed by atoms with Crippen LogP contribution < -0.4 is 27.2 Å². The number of rotatable bonds is 8. The summed E-state index contributed by atoms with van der Waals surface area (Å²) in [4.78, 5) is 42.7. The third-order valence-electron chi connectivity index (χ3n) is 5.44. The smallest absolute Gasteiger partial charge is 0.325 e. The summed E-state index contributed by atoms with van der Waals surface area (Å²) in [7, 11) is 0. The number of urea groups is 1. The van der Waals surface area contributed by atoms with Gasteiger partial charge in [0.1, 0.15) is 12.4 Å². The molecule has 10 nitrogen and oxygen atoms in total. The third kappa shape index (κ3) is 6.45. The van der Waals surface area contributed by atoms with E-state index >= 15 is 0 Å². The van der Waals surface area contributed by atoms with E-state index in [9.17, 15) is 14.4 Å². The van der Waals surface area contributed by atoms with Crippen molar-refractivity contribution in [3.05, 3.63) is 113 Å². The average molecular weight is 496 g/mol. The van der Waals surface area contributed by atoms with Crippen molar-refractivity contribution in [1.82, 2.24) is 14.9 Å². The number of nitrogen functional groups attached to an aromatic ring is 1. The second kappa shape index (κ2) is 11.5. The Morgan fingerprint density at radius 2 is 1.54 bits per heavy atom. The second-order valence-corrected chi connectivity index (χ2v) is 8.08. The van der Waals surface area contributed by atoms with E-state index in [2.05, 4.69) is 20.9 Å². The number of anilines is 2. The molecule has 0 aliphatic heterocycles. The van der Waals surface area contributed by atoms with Crippen molar-refractivity contribution in [2.75, 3.05) is 10.6 Å². The first-order valence-corrected chi connectivity index (χ1v) is 11.4. The Kier molecular flexibility index (Phi) is 7.69. The van der Waals surface area contributed by atoms with E-state index in [-0.39, 0.29) is 24.7 Å². The first-order chi connectivity index (χ1) is 17.9. The lowest BCUT2D eigenvalue weighted by atomic mass is 10.1. The molecule has 0 unspecified atom stereocenters. The summed E-state index contributed by atoms with van der Waals surface area (Å²) in [5.41, 5.74) is 7.93. The molecule has 1 aromatic heterocycles. The molecule has 0 saturated carbocycles. The quantitative estimate of drug-likeness (QED) is 0.188. The summed E-state index contributed by atoms with van der Waals surface area (Å²) in [6.45, 7) is -0.0613. The van der Waals surface area contributed by atoms with E-state index in [0.717, 1.165) is 5.56 Å². The van der Waals surface area contributed by atoms with Crippen LogP contribution in [0, 0.1) is 5.41 Å². The van der Waals surface area contributed by atoms with Crippen molar-refractivity contribution in [3.8, 4) is 11.3 Å². The molecule has 3 aromatic carbocycles. The largest absolute Gasteiger partial charge is 0.384 e. The number of carbonyl (C=O) groups excluding carboxylic acids is 2. The maximum Gasteiger partial charge on any atom is 0.325 e. The highest BCUT2D eigenvalue weighted by atomic mass is 16.2. The molecule has 0 aliphatic rings. The minimum atomic E-state index is -0.631. The van der Waals surface area contributed by atoms with Gasteiger partial charge in [-0.1, -0.05) is 72.8 Å². The van der Waals surface area contributed by atoms with Crippen molar-refractivity contribution in [2.45, 2.75) is 13.1 Å². The van der Waals surface area contributed by atoms with Gasteiger partial charge >= 0.3 is 6.03 Å². The van der Waals surface area contributed by atoms with Crippen LogP contribution in [-0.2, 0) is 17.9 Å². The van der Waals surface area contributed by atoms with Gasteiger partial charge in [0.15, 0.2) is 0 Å². The van der Waals surface area contributed by atoms with E-state index in [1.807, 2.05) is 24.3 Å². The zero-order valence-corrected chi connectivity index (χ0v) is 19.8. The van der Waals surface area contributed by atoms with Crippen molar-refractivity contribution in [3.63, 3.8) is 0 Å². The number of nitrogens with one attached hydrogen (secondary N) is 4. The molecule has 0 spiro atoms. The molecule has 0 fully saturated rings. The van der Waals surface area contributed by atoms with Crippen LogP contribution in [0.3, 0.4) is 0 Å². The number of hydrogen-bond acceptors (Lipinski definition) is 5. The fourth-order valence-corrected chi connectivity index (χ4v) is 3.56. The third-order valence-corrected chi connectivity index (χ3v) is 5.44. The zero-order valence-electron chi connectivity index (χ0n) is 19.8. The van der Waals surface area contributed by atoms with E-state index < -0.39 is 17.5 Å². The predicted molar refractivity (Wildman–Crippen MR) is 142 cm³/mol. The summed E-state index contributed by atoms with van der Waals surface area (Å²) in [5, 5.41) is 15.4. The van der Waals surface area contributed by atoms with Crippen LogP contribution >= 0.6 is 0 Å². The molecule has 1 heterocycles. The van der Waals surface area contributed by atoms with Gasteiger partial charge in [-0.3, -0.25) is 24.9 Å². The summed E-state index contributed by atoms with van der Waals surface area (Å²) in [6, 6.07) is 24.1. The SMILES string of the molecule is N=C(N)c1ccc(CNC(=O)Cn2c(-c3ccccc3)cnc(NC(=O)Nc3ccccc3)c2=O)cc1. The number of para-hydroxylation sites is 1. The topological polar surface area (TPSA) is 155 Å². The Bertz CT molecular complexity index is 1470. The molecule has 0 aliphatic carbocycles. The van der Waals surface area contributed by atoms with E-state index in [0.29, 0.717) is 22.5 Å². The van der Waals surface area contributed by atoms with Crippen LogP contribution in [0.2, 0.25) is 0 Å². The van der Waals surface area contributed by atoms with Crippen LogP contribution in [0.5, 0.6) is 0 Å². The Morgan fingerprint density at radius 1 is 0.892 bits per heavy atom. The molecule has 10 heteroatoms. The predicted octanol–water partition coefficient (Wildman–Crippen LogP) is 3.15. The number of amidine groups is 1. The maximum atomic E-state index is 13.3. The molecular weight excluding hydrogens is 470 g/mol. The van der Waals surface area contributed by atoms with Crippen molar-refractivity contribution >= 4 is 29.3 Å². The Morgan fingerprint density at radius 3 is 2.19 bits per heavy atom. The van der Waals surface area contributed by atoms with Crippen LogP contribution in [0.25, 0.3) is 11.3 Å². The normalized spacial score (nSPS) is 10.4. The first-order valence-electron chi connectivity index (χ1n) is 11.4. The number of amides is 3. The molecule has 0 radical (unpaired) electrons. The number of hydrogen-bond donors (Lipinski definition) is 5. The van der Waals surface area contributed by atoms with Crippen LogP contribution in [0.15, 0.2) is 95.9 Å². The highest BCUT2D eigenvalue weighted by Crippen LogP contribution is 2.18. The standard InChI is InChI=1S/C27H25N7O3/c28-24(29)20-13-11-18(12-14-20)15-30-23(35)17-34-22(19-7-3-1-4-8-19)16-31-25(26(34)36)33-27(37)32-21-9-5-2-6-10-21/h1-14,16H,15,17H2,(H3,28,29)(H,30,35)(H2,31,32,33,37). The van der Waals surface area contributed by atoms with Crippen LogP contribution in [-0.4, -0.2) is 27.3 Å². The lowest BCUT2D eigenvalue weighted by molar-refractivity contribution is -0.121. The zero-order chi connectivity index (χ0) is 26.2. The van der Waals surface area contributed by atoms with Gasteiger partial charge in [0.05, 0.1) is 11.9 Å². The van der Waals surface area contributed by atoms with Crippen LogP contribution in [0.1, 0.15) is 11.1 Å². The maximum absolute atomic E-state index is 13.3. The molecule has 186 valence electrons. The molecule has 0 atom stereocenters. The fraction of sp³-hybridized carbons (Fsp3) is 0.0741. The van der Waals surface area contributed by atoms with Gasteiger partial charge in [0.2, 0.25) is 11.7 Å². The number of aromatic nitrogens is 2. The van der Waals surface area contributed by atoms with Gasteiger partial charge in [0.25, 0.3) is 5.56 Å². The molecule has 4 rings (SSSR count). The Balaban J connectivity index is 1.54. The summed E-state index contributed by atoms with van der Waals surface area (Å²) >= 11 is 0. The Hall–Kier alpha value is -5.25. The average Bonchev–Trinajstić information content (AvgIpc) is 2.91. The lowest BCUT2D eigenvalue weighted by Gasteiger charge is -2.15. The van der Waals surface area contributed by atoms with E-state index in [4.69, 9.17) is 11.1 Å². The van der Waals surface area contributed by atoms with Gasteiger partial charge in [-0.15, -0.1) is 0 Å². The van der Waals surface area contributed by atoms with Gasteiger partial charge in [-0.05, 0) is 23.3 Å². The summed E-state index contributed by atoms with van der Waals surface area (Å²) in [6.07, 6.45) is 1.45. The molecule has 4 aromatic rings.